The summed E-state index contributed by atoms with van der Waals surface area (Å²) in [5, 5.41) is 3.33. The number of ether oxygens (including phenoxy) is 1. The second-order valence-electron chi connectivity index (χ2n) is 8.65. The Kier molecular flexibility index (Phi) is 7.67. The van der Waals surface area contributed by atoms with E-state index in [9.17, 15) is 0 Å². The van der Waals surface area contributed by atoms with Crippen molar-refractivity contribution >= 4 is 17.5 Å². The molecule has 0 aliphatic rings. The zero-order valence-electron chi connectivity index (χ0n) is 20.8. The fraction of sp³-hybridized carbons (Fsp3) is 0.129. The molecule has 37 heavy (non-hydrogen) atoms. The number of anilines is 3. The molecule has 3 aromatic carbocycles. The first-order chi connectivity index (χ1) is 18.3. The van der Waals surface area contributed by atoms with Crippen LogP contribution in [0.15, 0.2) is 116 Å². The largest absolute Gasteiger partial charge is 0.472 e. The van der Waals surface area contributed by atoms with E-state index in [1.54, 1.807) is 6.20 Å². The molecule has 0 unspecified atom stereocenters. The van der Waals surface area contributed by atoms with Crippen molar-refractivity contribution in [1.82, 2.24) is 15.0 Å². The van der Waals surface area contributed by atoms with Crippen molar-refractivity contribution in [2.45, 2.75) is 13.0 Å². The molecule has 0 fully saturated rings. The van der Waals surface area contributed by atoms with Crippen molar-refractivity contribution in [2.75, 3.05) is 23.8 Å². The Morgan fingerprint density at radius 3 is 2.19 bits per heavy atom. The molecule has 0 radical (unpaired) electrons. The van der Waals surface area contributed by atoms with Gasteiger partial charge in [0.15, 0.2) is 0 Å². The SMILES string of the molecule is CN(c1cnc(OCc2ccccc2)c(-c2ccccc2)c1)c1ccnc(NCCc2ccccc2)n1. The summed E-state index contributed by atoms with van der Waals surface area (Å²) in [6, 6.07) is 34.6. The first kappa shape index (κ1) is 24.0. The lowest BCUT2D eigenvalue weighted by atomic mass is 10.1. The minimum absolute atomic E-state index is 0.451. The molecule has 0 atom stereocenters. The van der Waals surface area contributed by atoms with Crippen LogP contribution >= 0.6 is 0 Å². The van der Waals surface area contributed by atoms with Crippen molar-refractivity contribution in [2.24, 2.45) is 0 Å². The van der Waals surface area contributed by atoms with Gasteiger partial charge >= 0.3 is 0 Å². The molecule has 0 saturated carbocycles. The van der Waals surface area contributed by atoms with E-state index in [1.807, 2.05) is 78.8 Å². The Hall–Kier alpha value is -4.71. The van der Waals surface area contributed by atoms with E-state index in [1.165, 1.54) is 5.56 Å². The highest BCUT2D eigenvalue weighted by molar-refractivity contribution is 5.74. The van der Waals surface area contributed by atoms with Crippen LogP contribution in [0.5, 0.6) is 5.88 Å². The average Bonchev–Trinajstić information content (AvgIpc) is 2.97. The Morgan fingerprint density at radius 1 is 0.784 bits per heavy atom. The summed E-state index contributed by atoms with van der Waals surface area (Å²) in [4.78, 5) is 15.8. The Bertz CT molecular complexity index is 1410. The monoisotopic (exact) mass is 487 g/mol. The molecule has 0 aliphatic heterocycles. The Balaban J connectivity index is 1.34. The molecule has 0 amide bonds. The van der Waals surface area contributed by atoms with Gasteiger partial charge in [0.2, 0.25) is 11.8 Å². The maximum Gasteiger partial charge on any atom is 0.224 e. The van der Waals surface area contributed by atoms with Crippen LogP contribution in [0.1, 0.15) is 11.1 Å². The lowest BCUT2D eigenvalue weighted by Crippen LogP contribution is -2.14. The van der Waals surface area contributed by atoms with Gasteiger partial charge in [0.05, 0.1) is 11.9 Å². The van der Waals surface area contributed by atoms with Crippen LogP contribution in [0.25, 0.3) is 11.1 Å². The van der Waals surface area contributed by atoms with Crippen LogP contribution in [0.3, 0.4) is 0 Å². The quantitative estimate of drug-likeness (QED) is 0.241. The number of aromatic nitrogens is 3. The molecule has 0 saturated heterocycles. The van der Waals surface area contributed by atoms with Crippen molar-refractivity contribution in [1.29, 1.82) is 0 Å². The van der Waals surface area contributed by atoms with E-state index < -0.39 is 0 Å². The molecule has 6 heteroatoms. The Labute approximate surface area is 217 Å². The van der Waals surface area contributed by atoms with Gasteiger partial charge in [-0.25, -0.2) is 9.97 Å². The number of hydrogen-bond acceptors (Lipinski definition) is 6. The van der Waals surface area contributed by atoms with Crippen molar-refractivity contribution in [3.05, 3.63) is 127 Å². The molecule has 1 N–H and O–H groups in total. The van der Waals surface area contributed by atoms with Gasteiger partial charge in [0.25, 0.3) is 0 Å². The maximum atomic E-state index is 6.15. The third-order valence-electron chi connectivity index (χ3n) is 6.05. The Morgan fingerprint density at radius 2 is 1.46 bits per heavy atom. The van der Waals surface area contributed by atoms with Crippen LogP contribution in [0, 0.1) is 0 Å². The highest BCUT2D eigenvalue weighted by atomic mass is 16.5. The minimum Gasteiger partial charge on any atom is -0.472 e. The number of nitrogens with zero attached hydrogens (tertiary/aromatic N) is 4. The third-order valence-corrected chi connectivity index (χ3v) is 6.05. The molecular weight excluding hydrogens is 458 g/mol. The number of nitrogens with one attached hydrogen (secondary N) is 1. The van der Waals surface area contributed by atoms with Gasteiger partial charge in [-0.3, -0.25) is 0 Å². The third kappa shape index (κ3) is 6.30. The van der Waals surface area contributed by atoms with Crippen LogP contribution in [-0.2, 0) is 13.0 Å². The fourth-order valence-electron chi connectivity index (χ4n) is 4.01. The fourth-order valence-corrected chi connectivity index (χ4v) is 4.01. The topological polar surface area (TPSA) is 63.2 Å². The van der Waals surface area contributed by atoms with E-state index in [4.69, 9.17) is 14.7 Å². The van der Waals surface area contributed by atoms with E-state index in [0.29, 0.717) is 18.4 Å². The van der Waals surface area contributed by atoms with Crippen LogP contribution in [-0.4, -0.2) is 28.5 Å². The van der Waals surface area contributed by atoms with Gasteiger partial charge < -0.3 is 15.0 Å². The normalized spacial score (nSPS) is 10.6. The second kappa shape index (κ2) is 11.8. The highest BCUT2D eigenvalue weighted by Crippen LogP contribution is 2.33. The van der Waals surface area contributed by atoms with Gasteiger partial charge in [-0.15, -0.1) is 0 Å². The van der Waals surface area contributed by atoms with E-state index >= 15 is 0 Å². The summed E-state index contributed by atoms with van der Waals surface area (Å²) in [6.07, 6.45) is 4.49. The van der Waals surface area contributed by atoms with Crippen LogP contribution in [0.2, 0.25) is 0 Å². The van der Waals surface area contributed by atoms with E-state index in [2.05, 4.69) is 52.8 Å². The first-order valence-corrected chi connectivity index (χ1v) is 12.3. The molecule has 5 aromatic rings. The zero-order valence-corrected chi connectivity index (χ0v) is 20.8. The van der Waals surface area contributed by atoms with Gasteiger partial charge in [-0.1, -0.05) is 91.0 Å². The number of hydrogen-bond donors (Lipinski definition) is 1. The van der Waals surface area contributed by atoms with E-state index in [-0.39, 0.29) is 0 Å². The van der Waals surface area contributed by atoms with Crippen molar-refractivity contribution in [3.63, 3.8) is 0 Å². The zero-order chi connectivity index (χ0) is 25.3. The molecule has 5 rings (SSSR count). The summed E-state index contributed by atoms with van der Waals surface area (Å²) < 4.78 is 6.15. The van der Waals surface area contributed by atoms with Crippen LogP contribution < -0.4 is 15.0 Å². The van der Waals surface area contributed by atoms with Gasteiger partial charge in [-0.2, -0.15) is 4.98 Å². The lowest BCUT2D eigenvalue weighted by molar-refractivity contribution is 0.295. The molecule has 0 bridgehead atoms. The molecule has 184 valence electrons. The molecule has 6 nitrogen and oxygen atoms in total. The summed E-state index contributed by atoms with van der Waals surface area (Å²) in [5.41, 5.74) is 5.24. The molecule has 2 heterocycles. The smallest absolute Gasteiger partial charge is 0.224 e. The van der Waals surface area contributed by atoms with Crippen molar-refractivity contribution in [3.8, 4) is 17.0 Å². The second-order valence-corrected chi connectivity index (χ2v) is 8.65. The molecular formula is C31H29N5O. The lowest BCUT2D eigenvalue weighted by Gasteiger charge is -2.20. The van der Waals surface area contributed by atoms with Gasteiger partial charge in [-0.05, 0) is 35.2 Å². The summed E-state index contributed by atoms with van der Waals surface area (Å²) in [5.74, 6) is 1.97. The van der Waals surface area contributed by atoms with Crippen molar-refractivity contribution < 1.29 is 4.74 Å². The number of pyridine rings is 1. The number of rotatable bonds is 10. The highest BCUT2D eigenvalue weighted by Gasteiger charge is 2.14. The minimum atomic E-state index is 0.451. The standard InChI is InChI=1S/C31H29N5O/c1-36(29-18-20-33-31(35-29)32-19-17-24-11-5-2-6-12-24)27-21-28(26-15-9-4-10-16-26)30(34-22-27)37-23-25-13-7-3-8-14-25/h2-16,18,20-22H,17,19,23H2,1H3,(H,32,33,35). The molecule has 2 aromatic heterocycles. The van der Waals surface area contributed by atoms with Gasteiger partial charge in [0, 0.05) is 25.4 Å². The summed E-state index contributed by atoms with van der Waals surface area (Å²) in [6.45, 7) is 1.21. The predicted molar refractivity (Wildman–Crippen MR) is 149 cm³/mol. The first-order valence-electron chi connectivity index (χ1n) is 12.3. The predicted octanol–water partition coefficient (Wildman–Crippen LogP) is 6.54. The molecule has 0 spiro atoms. The average molecular weight is 488 g/mol. The van der Waals surface area contributed by atoms with Crippen LogP contribution in [0.4, 0.5) is 17.5 Å². The maximum absolute atomic E-state index is 6.15. The van der Waals surface area contributed by atoms with Gasteiger partial charge in [0.1, 0.15) is 12.4 Å². The summed E-state index contributed by atoms with van der Waals surface area (Å²) in [7, 11) is 1.98. The molecule has 0 aliphatic carbocycles. The number of benzene rings is 3. The summed E-state index contributed by atoms with van der Waals surface area (Å²) >= 11 is 0. The van der Waals surface area contributed by atoms with E-state index in [0.717, 1.165) is 41.2 Å².